The molecular weight excluding hydrogens is 372 g/mol. The van der Waals surface area contributed by atoms with Crippen molar-refractivity contribution in [2.75, 3.05) is 11.6 Å². The molecule has 4 N–H and O–H groups in total. The quantitative estimate of drug-likeness (QED) is 0.250. The molecule has 2 aromatic carbocycles. The van der Waals surface area contributed by atoms with Crippen molar-refractivity contribution in [3.63, 3.8) is 0 Å². The molecule has 0 aliphatic rings. The van der Waals surface area contributed by atoms with Crippen molar-refractivity contribution in [3.05, 3.63) is 71.8 Å². The molecule has 0 unspecified atom stereocenters. The first kappa shape index (κ1) is 19.7. The predicted molar refractivity (Wildman–Crippen MR) is 113 cm³/mol. The molecule has 144 valence electrons. The van der Waals surface area contributed by atoms with Gasteiger partial charge >= 0.3 is 6.03 Å². The Labute approximate surface area is 168 Å². The molecule has 0 saturated carbocycles. The third-order valence-corrected chi connectivity index (χ3v) is 5.01. The summed E-state index contributed by atoms with van der Waals surface area (Å²) in [6.45, 7) is 2.23. The first-order chi connectivity index (χ1) is 13.6. The van der Waals surface area contributed by atoms with Crippen molar-refractivity contribution in [2.24, 2.45) is 5.84 Å². The molecule has 3 aromatic rings. The van der Waals surface area contributed by atoms with E-state index in [9.17, 15) is 4.79 Å². The zero-order valence-corrected chi connectivity index (χ0v) is 16.5. The lowest BCUT2D eigenvalue weighted by molar-refractivity contribution is 0.252. The van der Waals surface area contributed by atoms with Crippen LogP contribution in [0.5, 0.6) is 5.88 Å². The molecule has 0 aliphatic carbocycles. The number of aromatic nitrogens is 1. The Morgan fingerprint density at radius 1 is 1.11 bits per heavy atom. The number of thioether (sulfide) groups is 1. The van der Waals surface area contributed by atoms with Crippen LogP contribution in [-0.4, -0.2) is 17.3 Å². The van der Waals surface area contributed by atoms with Gasteiger partial charge in [0.1, 0.15) is 6.61 Å². The van der Waals surface area contributed by atoms with Gasteiger partial charge in [-0.2, -0.15) is 0 Å². The number of pyridine rings is 1. The van der Waals surface area contributed by atoms with Crippen molar-refractivity contribution in [1.29, 1.82) is 0 Å². The highest BCUT2D eigenvalue weighted by atomic mass is 32.2. The zero-order valence-electron chi connectivity index (χ0n) is 15.7. The molecule has 0 saturated heterocycles. The number of nitrogens with zero attached hydrogens (tertiary/aromatic N) is 1. The number of ether oxygens (including phenoxy) is 1. The average Bonchev–Trinajstić information content (AvgIpc) is 2.73. The van der Waals surface area contributed by atoms with Gasteiger partial charge in [-0.1, -0.05) is 30.3 Å². The molecular formula is C21H22N4O2S. The van der Waals surface area contributed by atoms with Crippen molar-refractivity contribution >= 4 is 23.5 Å². The van der Waals surface area contributed by atoms with E-state index < -0.39 is 6.03 Å². The molecule has 7 heteroatoms. The van der Waals surface area contributed by atoms with E-state index in [0.29, 0.717) is 11.6 Å². The van der Waals surface area contributed by atoms with E-state index in [4.69, 9.17) is 10.6 Å². The molecule has 0 radical (unpaired) electrons. The van der Waals surface area contributed by atoms with Crippen LogP contribution in [0, 0.1) is 6.92 Å². The normalized spacial score (nSPS) is 10.4. The summed E-state index contributed by atoms with van der Waals surface area (Å²) in [4.78, 5) is 17.4. The van der Waals surface area contributed by atoms with E-state index in [-0.39, 0.29) is 6.61 Å². The van der Waals surface area contributed by atoms with Gasteiger partial charge in [0.2, 0.25) is 5.88 Å². The fraction of sp³-hybridized carbons (Fsp3) is 0.143. The number of amides is 2. The molecule has 0 atom stereocenters. The van der Waals surface area contributed by atoms with Crippen molar-refractivity contribution in [2.45, 2.75) is 18.4 Å². The van der Waals surface area contributed by atoms with Crippen molar-refractivity contribution in [3.8, 4) is 17.1 Å². The Morgan fingerprint density at radius 3 is 2.57 bits per heavy atom. The monoisotopic (exact) mass is 394 g/mol. The number of carbonyl (C=O) groups excluding carboxylic acids is 1. The lowest BCUT2D eigenvalue weighted by atomic mass is 10.1. The number of aryl methyl sites for hydroxylation is 1. The highest BCUT2D eigenvalue weighted by Gasteiger charge is 2.10. The summed E-state index contributed by atoms with van der Waals surface area (Å²) >= 11 is 1.70. The molecule has 3 rings (SSSR count). The number of nitrogens with one attached hydrogen (secondary N) is 2. The SMILES string of the molecule is CSc1ccc(-c2cccc(OCc3c(C)cccc3NC(=O)NN)n2)cc1. The number of urea groups is 1. The van der Waals surface area contributed by atoms with Crippen LogP contribution in [0.25, 0.3) is 11.3 Å². The summed E-state index contributed by atoms with van der Waals surface area (Å²) in [5.41, 5.74) is 6.44. The maximum absolute atomic E-state index is 11.6. The lowest BCUT2D eigenvalue weighted by Crippen LogP contribution is -2.34. The summed E-state index contributed by atoms with van der Waals surface area (Å²) in [5, 5.41) is 2.71. The Hall–Kier alpha value is -3.03. The van der Waals surface area contributed by atoms with E-state index >= 15 is 0 Å². The van der Waals surface area contributed by atoms with Crippen molar-refractivity contribution < 1.29 is 9.53 Å². The van der Waals surface area contributed by atoms with Crippen LogP contribution in [0.3, 0.4) is 0 Å². The van der Waals surface area contributed by atoms with E-state index in [2.05, 4.69) is 27.9 Å². The third-order valence-electron chi connectivity index (χ3n) is 4.26. The summed E-state index contributed by atoms with van der Waals surface area (Å²) < 4.78 is 5.92. The molecule has 1 aromatic heterocycles. The molecule has 1 heterocycles. The molecule has 0 bridgehead atoms. The van der Waals surface area contributed by atoms with Crippen LogP contribution >= 0.6 is 11.8 Å². The Kier molecular flexibility index (Phi) is 6.52. The van der Waals surface area contributed by atoms with Gasteiger partial charge in [0.25, 0.3) is 0 Å². The molecule has 0 spiro atoms. The Balaban J connectivity index is 1.77. The van der Waals surface area contributed by atoms with Crippen LogP contribution in [-0.2, 0) is 6.61 Å². The number of hydrogen-bond acceptors (Lipinski definition) is 5. The molecule has 0 fully saturated rings. The standard InChI is InChI=1S/C21H22N4O2S/c1-14-5-3-7-19(24-21(26)25-22)17(14)13-27-20-8-4-6-18(23-20)15-9-11-16(28-2)12-10-15/h3-12H,13,22H2,1-2H3,(H2,24,25,26). The summed E-state index contributed by atoms with van der Waals surface area (Å²) in [5.74, 6) is 5.68. The number of hydrazine groups is 1. The average molecular weight is 395 g/mol. The second kappa shape index (κ2) is 9.25. The Bertz CT molecular complexity index is 961. The number of rotatable bonds is 6. The van der Waals surface area contributed by atoms with Gasteiger partial charge in [0, 0.05) is 27.8 Å². The van der Waals surface area contributed by atoms with Gasteiger partial charge in [-0.05, 0) is 43.0 Å². The third kappa shape index (κ3) is 4.82. The van der Waals surface area contributed by atoms with Crippen molar-refractivity contribution in [1.82, 2.24) is 10.4 Å². The first-order valence-corrected chi connectivity index (χ1v) is 9.93. The fourth-order valence-electron chi connectivity index (χ4n) is 2.73. The maximum atomic E-state index is 11.6. The van der Waals surface area contributed by atoms with Gasteiger partial charge in [0.15, 0.2) is 0 Å². The molecule has 2 amide bonds. The van der Waals surface area contributed by atoms with Gasteiger partial charge in [0.05, 0.1) is 5.69 Å². The highest BCUT2D eigenvalue weighted by Crippen LogP contribution is 2.25. The second-order valence-corrected chi connectivity index (χ2v) is 6.96. The first-order valence-electron chi connectivity index (χ1n) is 8.71. The zero-order chi connectivity index (χ0) is 19.9. The van der Waals surface area contributed by atoms with Crippen LogP contribution in [0.1, 0.15) is 11.1 Å². The maximum Gasteiger partial charge on any atom is 0.333 e. The summed E-state index contributed by atoms with van der Waals surface area (Å²) in [7, 11) is 0. The Morgan fingerprint density at radius 2 is 1.86 bits per heavy atom. The molecule has 6 nitrogen and oxygen atoms in total. The number of benzene rings is 2. The highest BCUT2D eigenvalue weighted by molar-refractivity contribution is 7.98. The van der Waals surface area contributed by atoms with Gasteiger partial charge in [-0.15, -0.1) is 11.8 Å². The van der Waals surface area contributed by atoms with E-state index in [1.54, 1.807) is 17.8 Å². The molecule has 28 heavy (non-hydrogen) atoms. The minimum absolute atomic E-state index is 0.273. The summed E-state index contributed by atoms with van der Waals surface area (Å²) in [6.07, 6.45) is 2.05. The largest absolute Gasteiger partial charge is 0.473 e. The van der Waals surface area contributed by atoms with E-state index in [1.165, 1.54) is 4.90 Å². The van der Waals surface area contributed by atoms with Gasteiger partial charge in [-0.3, -0.25) is 5.43 Å². The minimum atomic E-state index is -0.485. The number of carbonyl (C=O) groups is 1. The van der Waals surface area contributed by atoms with Gasteiger partial charge in [-0.25, -0.2) is 15.6 Å². The van der Waals surface area contributed by atoms with Crippen LogP contribution in [0.4, 0.5) is 10.5 Å². The second-order valence-electron chi connectivity index (χ2n) is 6.08. The van der Waals surface area contributed by atoms with E-state index in [0.717, 1.165) is 22.4 Å². The fourth-order valence-corrected chi connectivity index (χ4v) is 3.14. The van der Waals surface area contributed by atoms with E-state index in [1.807, 2.05) is 55.6 Å². The lowest BCUT2D eigenvalue weighted by Gasteiger charge is -2.14. The molecule has 0 aliphatic heterocycles. The number of nitrogens with two attached hydrogens (primary N) is 1. The summed E-state index contributed by atoms with van der Waals surface area (Å²) in [6, 6.07) is 19.1. The van der Waals surface area contributed by atoms with Crippen LogP contribution in [0.15, 0.2) is 65.6 Å². The van der Waals surface area contributed by atoms with Crippen LogP contribution < -0.4 is 21.3 Å². The number of hydrogen-bond donors (Lipinski definition) is 3. The topological polar surface area (TPSA) is 89.3 Å². The minimum Gasteiger partial charge on any atom is -0.473 e. The predicted octanol–water partition coefficient (Wildman–Crippen LogP) is 4.35. The smallest absolute Gasteiger partial charge is 0.333 e. The van der Waals surface area contributed by atoms with Gasteiger partial charge < -0.3 is 10.1 Å². The number of anilines is 1. The van der Waals surface area contributed by atoms with Crippen LogP contribution in [0.2, 0.25) is 0 Å².